The largest absolute Gasteiger partial charge is 0.324 e. The first-order chi connectivity index (χ1) is 8.59. The lowest BCUT2D eigenvalue weighted by Crippen LogP contribution is -2.16. The lowest BCUT2D eigenvalue weighted by Gasteiger charge is -2.14. The van der Waals surface area contributed by atoms with Crippen LogP contribution >= 0.6 is 11.6 Å². The highest BCUT2D eigenvalue weighted by Gasteiger charge is 2.15. The number of nitrogens with two attached hydrogens (primary N) is 1. The summed E-state index contributed by atoms with van der Waals surface area (Å²) >= 11 is 5.75. The van der Waals surface area contributed by atoms with Gasteiger partial charge in [-0.15, -0.1) is 0 Å². The monoisotopic (exact) mass is 264 g/mol. The van der Waals surface area contributed by atoms with Crippen molar-refractivity contribution < 1.29 is 4.39 Å². The van der Waals surface area contributed by atoms with Crippen LogP contribution < -0.4 is 5.73 Å². The molecule has 1 aromatic heterocycles. The first-order valence-corrected chi connectivity index (χ1v) is 6.07. The van der Waals surface area contributed by atoms with Gasteiger partial charge in [-0.2, -0.15) is 0 Å². The van der Waals surface area contributed by atoms with Crippen molar-refractivity contribution in [2.75, 3.05) is 0 Å². The van der Waals surface area contributed by atoms with E-state index in [0.29, 0.717) is 12.0 Å². The van der Waals surface area contributed by atoms with E-state index in [1.165, 1.54) is 6.07 Å². The van der Waals surface area contributed by atoms with Crippen LogP contribution in [0.2, 0.25) is 5.02 Å². The Labute approximate surface area is 111 Å². The highest BCUT2D eigenvalue weighted by molar-refractivity contribution is 6.30. The number of hydrogen-bond donors (Lipinski definition) is 1. The molecule has 0 radical (unpaired) electrons. The Morgan fingerprint density at radius 1 is 1.33 bits per heavy atom. The number of rotatable bonds is 3. The fraction of sp³-hybridized carbons (Fsp3) is 0.214. The van der Waals surface area contributed by atoms with E-state index in [-0.39, 0.29) is 5.02 Å². The first-order valence-electron chi connectivity index (χ1n) is 5.69. The average Bonchev–Trinajstić information content (AvgIpc) is 2.35. The zero-order valence-electron chi connectivity index (χ0n) is 10.0. The van der Waals surface area contributed by atoms with Gasteiger partial charge in [0.05, 0.1) is 5.02 Å². The minimum atomic E-state index is -0.447. The number of aromatic nitrogens is 1. The van der Waals surface area contributed by atoms with Crippen LogP contribution in [0, 0.1) is 12.7 Å². The van der Waals surface area contributed by atoms with Gasteiger partial charge in [0, 0.05) is 29.9 Å². The van der Waals surface area contributed by atoms with Gasteiger partial charge in [0.15, 0.2) is 0 Å². The fourth-order valence-corrected chi connectivity index (χ4v) is 2.04. The fourth-order valence-electron chi connectivity index (χ4n) is 1.86. The Balaban J connectivity index is 2.25. The van der Waals surface area contributed by atoms with Crippen molar-refractivity contribution in [2.45, 2.75) is 19.4 Å². The molecule has 0 aliphatic rings. The summed E-state index contributed by atoms with van der Waals surface area (Å²) in [4.78, 5) is 4.26. The maximum Gasteiger partial charge on any atom is 0.146 e. The number of pyridine rings is 1. The summed E-state index contributed by atoms with van der Waals surface area (Å²) in [5, 5.41) is 0.0979. The molecule has 1 aromatic carbocycles. The van der Waals surface area contributed by atoms with E-state index >= 15 is 0 Å². The quantitative estimate of drug-likeness (QED) is 0.923. The van der Waals surface area contributed by atoms with Gasteiger partial charge in [-0.1, -0.05) is 29.8 Å². The summed E-state index contributed by atoms with van der Waals surface area (Å²) in [6.07, 6.45) is 2.20. The number of nitrogens with zero attached hydrogens (tertiary/aromatic N) is 1. The minimum Gasteiger partial charge on any atom is -0.324 e. The standard InChI is InChI=1S/C14H14ClFN2/c1-9-4-3-7-18-13(9)8-12(17)10-5-2-6-11(15)14(10)16/h2-7,12H,8,17H2,1H3. The number of benzene rings is 1. The zero-order valence-corrected chi connectivity index (χ0v) is 10.8. The van der Waals surface area contributed by atoms with E-state index in [9.17, 15) is 4.39 Å². The smallest absolute Gasteiger partial charge is 0.146 e. The van der Waals surface area contributed by atoms with Crippen LogP contribution in [0.4, 0.5) is 4.39 Å². The van der Waals surface area contributed by atoms with Crippen molar-refractivity contribution in [1.82, 2.24) is 4.98 Å². The number of aryl methyl sites for hydroxylation is 1. The van der Waals surface area contributed by atoms with Gasteiger partial charge in [0.25, 0.3) is 0 Å². The Hall–Kier alpha value is -1.45. The molecular weight excluding hydrogens is 251 g/mol. The molecule has 2 N–H and O–H groups in total. The molecule has 0 aliphatic carbocycles. The van der Waals surface area contributed by atoms with Gasteiger partial charge < -0.3 is 5.73 Å². The van der Waals surface area contributed by atoms with Crippen molar-refractivity contribution in [2.24, 2.45) is 5.73 Å². The average molecular weight is 265 g/mol. The second-order valence-corrected chi connectivity index (χ2v) is 4.63. The molecular formula is C14H14ClFN2. The van der Waals surface area contributed by atoms with Crippen LogP contribution in [0.25, 0.3) is 0 Å². The van der Waals surface area contributed by atoms with E-state index in [1.54, 1.807) is 18.3 Å². The van der Waals surface area contributed by atoms with Crippen LogP contribution in [0.3, 0.4) is 0 Å². The molecule has 2 aromatic rings. The van der Waals surface area contributed by atoms with E-state index < -0.39 is 11.9 Å². The molecule has 18 heavy (non-hydrogen) atoms. The summed E-state index contributed by atoms with van der Waals surface area (Å²) in [7, 11) is 0. The highest BCUT2D eigenvalue weighted by atomic mass is 35.5. The van der Waals surface area contributed by atoms with Crippen LogP contribution in [0.15, 0.2) is 36.5 Å². The summed E-state index contributed by atoms with van der Waals surface area (Å²) < 4.78 is 13.8. The Morgan fingerprint density at radius 2 is 2.11 bits per heavy atom. The molecule has 1 unspecified atom stereocenters. The van der Waals surface area contributed by atoms with Crippen molar-refractivity contribution in [3.63, 3.8) is 0 Å². The summed E-state index contributed by atoms with van der Waals surface area (Å²) in [6, 6.07) is 8.25. The Kier molecular flexibility index (Phi) is 3.94. The molecule has 2 rings (SSSR count). The summed E-state index contributed by atoms with van der Waals surface area (Å²) in [6.45, 7) is 1.96. The second-order valence-electron chi connectivity index (χ2n) is 4.22. The Morgan fingerprint density at radius 3 is 2.83 bits per heavy atom. The van der Waals surface area contributed by atoms with E-state index in [4.69, 9.17) is 17.3 Å². The zero-order chi connectivity index (χ0) is 13.1. The molecule has 1 heterocycles. The maximum absolute atomic E-state index is 13.8. The lowest BCUT2D eigenvalue weighted by atomic mass is 10.00. The SMILES string of the molecule is Cc1cccnc1CC(N)c1cccc(Cl)c1F. The first kappa shape index (κ1) is 13.0. The molecule has 0 amide bonds. The van der Waals surface area contributed by atoms with Crippen molar-refractivity contribution >= 4 is 11.6 Å². The molecule has 0 saturated heterocycles. The molecule has 94 valence electrons. The van der Waals surface area contributed by atoms with E-state index in [0.717, 1.165) is 11.3 Å². The van der Waals surface area contributed by atoms with E-state index in [2.05, 4.69) is 4.98 Å². The minimum absolute atomic E-state index is 0.0979. The molecule has 4 heteroatoms. The predicted molar refractivity (Wildman–Crippen MR) is 71.0 cm³/mol. The number of hydrogen-bond acceptors (Lipinski definition) is 2. The molecule has 0 fully saturated rings. The number of halogens is 2. The van der Waals surface area contributed by atoms with Crippen molar-refractivity contribution in [1.29, 1.82) is 0 Å². The molecule has 2 nitrogen and oxygen atoms in total. The maximum atomic E-state index is 13.8. The van der Waals surface area contributed by atoms with Gasteiger partial charge in [-0.3, -0.25) is 4.98 Å². The van der Waals surface area contributed by atoms with Crippen LogP contribution in [-0.4, -0.2) is 4.98 Å². The third-order valence-corrected chi connectivity index (χ3v) is 3.20. The molecule has 1 atom stereocenters. The van der Waals surface area contributed by atoms with Gasteiger partial charge in [0.1, 0.15) is 5.82 Å². The van der Waals surface area contributed by atoms with Crippen molar-refractivity contribution in [3.05, 3.63) is 64.2 Å². The lowest BCUT2D eigenvalue weighted by molar-refractivity contribution is 0.578. The van der Waals surface area contributed by atoms with Gasteiger partial charge in [0.2, 0.25) is 0 Å². The van der Waals surface area contributed by atoms with Gasteiger partial charge in [-0.25, -0.2) is 4.39 Å². The van der Waals surface area contributed by atoms with Crippen molar-refractivity contribution in [3.8, 4) is 0 Å². The highest BCUT2D eigenvalue weighted by Crippen LogP contribution is 2.24. The third-order valence-electron chi connectivity index (χ3n) is 2.91. The van der Waals surface area contributed by atoms with E-state index in [1.807, 2.05) is 19.1 Å². The third kappa shape index (κ3) is 2.68. The molecule has 0 aliphatic heterocycles. The predicted octanol–water partition coefficient (Wildman–Crippen LogP) is 3.43. The summed E-state index contributed by atoms with van der Waals surface area (Å²) in [5.74, 6) is -0.444. The Bertz CT molecular complexity index is 557. The van der Waals surface area contributed by atoms with Gasteiger partial charge >= 0.3 is 0 Å². The van der Waals surface area contributed by atoms with Crippen LogP contribution in [-0.2, 0) is 6.42 Å². The molecule has 0 bridgehead atoms. The van der Waals surface area contributed by atoms with Crippen LogP contribution in [0.5, 0.6) is 0 Å². The normalized spacial score (nSPS) is 12.4. The molecule has 0 spiro atoms. The van der Waals surface area contributed by atoms with Gasteiger partial charge in [-0.05, 0) is 24.6 Å². The second kappa shape index (κ2) is 5.46. The van der Waals surface area contributed by atoms with Crippen LogP contribution in [0.1, 0.15) is 22.9 Å². The molecule has 0 saturated carbocycles. The summed E-state index contributed by atoms with van der Waals surface area (Å²) in [5.41, 5.74) is 8.38. The topological polar surface area (TPSA) is 38.9 Å².